The summed E-state index contributed by atoms with van der Waals surface area (Å²) in [4.78, 5) is 34.5. The van der Waals surface area contributed by atoms with E-state index >= 15 is 0 Å². The maximum atomic E-state index is 12.1. The van der Waals surface area contributed by atoms with Crippen molar-refractivity contribution in [1.29, 1.82) is 0 Å². The van der Waals surface area contributed by atoms with Crippen LogP contribution >= 0.6 is 12.4 Å². The van der Waals surface area contributed by atoms with E-state index in [0.717, 1.165) is 0 Å². The van der Waals surface area contributed by atoms with E-state index in [0.29, 0.717) is 31.4 Å². The first-order valence-corrected chi connectivity index (χ1v) is 6.80. The lowest BCUT2D eigenvalue weighted by Gasteiger charge is -2.14. The molecule has 1 rings (SSSR count). The van der Waals surface area contributed by atoms with E-state index in [4.69, 9.17) is 10.8 Å². The summed E-state index contributed by atoms with van der Waals surface area (Å²) in [5.41, 5.74) is 6.05. The zero-order valence-corrected chi connectivity index (χ0v) is 13.2. The number of benzene rings is 1. The quantitative estimate of drug-likeness (QED) is 0.496. The number of Topliss-reactive ketones (excluding diaryl/α,β-unsaturated/α-hetero) is 1. The molecule has 0 heterocycles. The second kappa shape index (κ2) is 9.92. The van der Waals surface area contributed by atoms with Crippen molar-refractivity contribution in [3.05, 3.63) is 35.4 Å². The van der Waals surface area contributed by atoms with Crippen LogP contribution in [0.25, 0.3) is 0 Å². The van der Waals surface area contributed by atoms with Gasteiger partial charge in [0.2, 0.25) is 0 Å². The van der Waals surface area contributed by atoms with Crippen molar-refractivity contribution in [2.75, 3.05) is 6.54 Å². The minimum absolute atomic E-state index is 0. The van der Waals surface area contributed by atoms with Crippen molar-refractivity contribution in [2.24, 2.45) is 5.73 Å². The van der Waals surface area contributed by atoms with Gasteiger partial charge in [-0.2, -0.15) is 0 Å². The molecule has 22 heavy (non-hydrogen) atoms. The van der Waals surface area contributed by atoms with Crippen LogP contribution in [0, 0.1) is 0 Å². The fourth-order valence-electron chi connectivity index (χ4n) is 1.87. The average Bonchev–Trinajstić information content (AvgIpc) is 2.46. The molecule has 7 heteroatoms. The molecule has 6 nitrogen and oxygen atoms in total. The second-order valence-corrected chi connectivity index (χ2v) is 4.79. The van der Waals surface area contributed by atoms with Crippen molar-refractivity contribution in [3.8, 4) is 0 Å². The SMILES string of the molecule is CC(=O)c1cccc(C(=O)N[C@@H](CCCCN)C(=O)O)c1.Cl. The smallest absolute Gasteiger partial charge is 0.326 e. The predicted octanol–water partition coefficient (Wildman–Crippen LogP) is 1.62. The number of carbonyl (C=O) groups is 3. The highest BCUT2D eigenvalue weighted by Gasteiger charge is 2.20. The third kappa shape index (κ3) is 6.24. The normalized spacial score (nSPS) is 11.2. The third-order valence-corrected chi connectivity index (χ3v) is 3.08. The van der Waals surface area contributed by atoms with E-state index in [9.17, 15) is 14.4 Å². The Morgan fingerprint density at radius 2 is 1.86 bits per heavy atom. The Hall–Kier alpha value is -1.92. The van der Waals surface area contributed by atoms with Gasteiger partial charge in [-0.25, -0.2) is 4.79 Å². The molecule has 1 amide bonds. The van der Waals surface area contributed by atoms with E-state index in [1.54, 1.807) is 18.2 Å². The maximum Gasteiger partial charge on any atom is 0.326 e. The van der Waals surface area contributed by atoms with E-state index in [2.05, 4.69) is 5.32 Å². The highest BCUT2D eigenvalue weighted by atomic mass is 35.5. The Labute approximate surface area is 135 Å². The first-order chi connectivity index (χ1) is 9.95. The lowest BCUT2D eigenvalue weighted by molar-refractivity contribution is -0.139. The third-order valence-electron chi connectivity index (χ3n) is 3.08. The number of nitrogens with two attached hydrogens (primary N) is 1. The van der Waals surface area contributed by atoms with Crippen LogP contribution in [-0.2, 0) is 4.79 Å². The number of nitrogens with one attached hydrogen (secondary N) is 1. The van der Waals surface area contributed by atoms with Crippen LogP contribution in [0.4, 0.5) is 0 Å². The second-order valence-electron chi connectivity index (χ2n) is 4.79. The van der Waals surface area contributed by atoms with Gasteiger partial charge in [0.15, 0.2) is 5.78 Å². The van der Waals surface area contributed by atoms with Gasteiger partial charge in [-0.05, 0) is 44.9 Å². The average molecular weight is 329 g/mol. The van der Waals surface area contributed by atoms with Gasteiger partial charge >= 0.3 is 5.97 Å². The molecular formula is C15H21ClN2O4. The zero-order chi connectivity index (χ0) is 15.8. The van der Waals surface area contributed by atoms with Crippen LogP contribution in [-0.4, -0.2) is 35.4 Å². The van der Waals surface area contributed by atoms with Crippen molar-refractivity contribution in [3.63, 3.8) is 0 Å². The first kappa shape index (κ1) is 20.1. The van der Waals surface area contributed by atoms with Gasteiger partial charge in [0.1, 0.15) is 6.04 Å². The predicted molar refractivity (Wildman–Crippen MR) is 85.5 cm³/mol. The van der Waals surface area contributed by atoms with Gasteiger partial charge in [-0.1, -0.05) is 12.1 Å². The van der Waals surface area contributed by atoms with Gasteiger partial charge in [-0.3, -0.25) is 9.59 Å². The van der Waals surface area contributed by atoms with Gasteiger partial charge in [-0.15, -0.1) is 12.4 Å². The van der Waals surface area contributed by atoms with E-state index < -0.39 is 17.9 Å². The number of ketones is 1. The summed E-state index contributed by atoms with van der Waals surface area (Å²) in [5, 5.41) is 11.6. The number of unbranched alkanes of at least 4 members (excludes halogenated alkanes) is 1. The highest BCUT2D eigenvalue weighted by Crippen LogP contribution is 2.08. The summed E-state index contributed by atoms with van der Waals surface area (Å²) >= 11 is 0. The van der Waals surface area contributed by atoms with E-state index in [1.165, 1.54) is 13.0 Å². The fourth-order valence-corrected chi connectivity index (χ4v) is 1.87. The topological polar surface area (TPSA) is 109 Å². The van der Waals surface area contributed by atoms with Gasteiger partial charge in [0, 0.05) is 11.1 Å². The molecule has 0 aliphatic rings. The van der Waals surface area contributed by atoms with Crippen LogP contribution in [0.5, 0.6) is 0 Å². The Balaban J connectivity index is 0.00000441. The molecule has 0 spiro atoms. The number of carbonyl (C=O) groups excluding carboxylic acids is 2. The molecule has 0 unspecified atom stereocenters. The monoisotopic (exact) mass is 328 g/mol. The molecule has 0 saturated heterocycles. The summed E-state index contributed by atoms with van der Waals surface area (Å²) in [6.07, 6.45) is 1.66. The van der Waals surface area contributed by atoms with Gasteiger partial charge < -0.3 is 16.2 Å². The van der Waals surface area contributed by atoms with Crippen LogP contribution in [0.15, 0.2) is 24.3 Å². The number of hydrogen-bond acceptors (Lipinski definition) is 4. The zero-order valence-electron chi connectivity index (χ0n) is 12.4. The molecule has 1 aromatic rings. The fraction of sp³-hybridized carbons (Fsp3) is 0.400. The van der Waals surface area contributed by atoms with Gasteiger partial charge in [0.05, 0.1) is 0 Å². The van der Waals surface area contributed by atoms with Crippen molar-refractivity contribution >= 4 is 30.1 Å². The molecule has 0 bridgehead atoms. The molecule has 122 valence electrons. The van der Waals surface area contributed by atoms with E-state index in [-0.39, 0.29) is 23.8 Å². The van der Waals surface area contributed by atoms with Gasteiger partial charge in [0.25, 0.3) is 5.91 Å². The molecule has 0 aliphatic carbocycles. The molecular weight excluding hydrogens is 308 g/mol. The molecule has 1 aromatic carbocycles. The van der Waals surface area contributed by atoms with Crippen LogP contribution in [0.3, 0.4) is 0 Å². The molecule has 0 radical (unpaired) electrons. The molecule has 0 aliphatic heterocycles. The number of hydrogen-bond donors (Lipinski definition) is 3. The largest absolute Gasteiger partial charge is 0.480 e. The van der Waals surface area contributed by atoms with Crippen molar-refractivity contribution in [1.82, 2.24) is 5.32 Å². The molecule has 0 fully saturated rings. The van der Waals surface area contributed by atoms with Crippen LogP contribution in [0.1, 0.15) is 46.9 Å². The van der Waals surface area contributed by atoms with Crippen LogP contribution in [0.2, 0.25) is 0 Å². The lowest BCUT2D eigenvalue weighted by atomic mass is 10.1. The maximum absolute atomic E-state index is 12.1. The number of aliphatic carboxylic acids is 1. The minimum Gasteiger partial charge on any atom is -0.480 e. The number of amides is 1. The molecule has 1 atom stereocenters. The Morgan fingerprint density at radius 1 is 1.23 bits per heavy atom. The van der Waals surface area contributed by atoms with E-state index in [1.807, 2.05) is 0 Å². The van der Waals surface area contributed by atoms with Crippen molar-refractivity contribution in [2.45, 2.75) is 32.2 Å². The summed E-state index contributed by atoms with van der Waals surface area (Å²) in [5.74, 6) is -1.73. The molecule has 0 saturated carbocycles. The number of carboxylic acids is 1. The number of halogens is 1. The summed E-state index contributed by atoms with van der Waals surface area (Å²) < 4.78 is 0. The molecule has 4 N–H and O–H groups in total. The Morgan fingerprint density at radius 3 is 2.41 bits per heavy atom. The highest BCUT2D eigenvalue weighted by molar-refractivity contribution is 6.00. The first-order valence-electron chi connectivity index (χ1n) is 6.80. The lowest BCUT2D eigenvalue weighted by Crippen LogP contribution is -2.40. The molecule has 0 aromatic heterocycles. The standard InChI is InChI=1S/C15H20N2O4.ClH/c1-10(18)11-5-4-6-12(9-11)14(19)17-13(15(20)21)7-2-3-8-16;/h4-6,9,13H,2-3,7-8,16H2,1H3,(H,17,19)(H,20,21);1H/t13-;/m0./s1. The minimum atomic E-state index is -1.08. The summed E-state index contributed by atoms with van der Waals surface area (Å²) in [6.45, 7) is 1.89. The van der Waals surface area contributed by atoms with Crippen LogP contribution < -0.4 is 11.1 Å². The number of carboxylic acid groups (broad SMARTS) is 1. The Bertz CT molecular complexity index is 534. The summed E-state index contributed by atoms with van der Waals surface area (Å²) in [6, 6.07) is 5.24. The Kier molecular flexibility index (Phi) is 9.05. The summed E-state index contributed by atoms with van der Waals surface area (Å²) in [7, 11) is 0. The number of rotatable bonds is 8. The van der Waals surface area contributed by atoms with Crippen molar-refractivity contribution < 1.29 is 19.5 Å².